The summed E-state index contributed by atoms with van der Waals surface area (Å²) < 4.78 is 0. The molecule has 3 nitrogen and oxygen atoms in total. The molecule has 2 aromatic heterocycles. The summed E-state index contributed by atoms with van der Waals surface area (Å²) in [6, 6.07) is 2.14. The van der Waals surface area contributed by atoms with Crippen LogP contribution in [0.2, 0.25) is 0 Å². The minimum absolute atomic E-state index is 0.844. The average Bonchev–Trinajstić information content (AvgIpc) is 3.10. The van der Waals surface area contributed by atoms with Crippen molar-refractivity contribution in [1.29, 1.82) is 0 Å². The monoisotopic (exact) mass is 307 g/mol. The summed E-state index contributed by atoms with van der Waals surface area (Å²) in [5.74, 6) is 0.844. The van der Waals surface area contributed by atoms with Gasteiger partial charge in [0, 0.05) is 29.4 Å². The maximum absolute atomic E-state index is 4.76. The van der Waals surface area contributed by atoms with Crippen molar-refractivity contribution in [2.24, 2.45) is 5.92 Å². The lowest BCUT2D eigenvalue weighted by Crippen LogP contribution is -2.34. The van der Waals surface area contributed by atoms with Gasteiger partial charge in [-0.3, -0.25) is 0 Å². The van der Waals surface area contributed by atoms with Crippen LogP contribution in [-0.2, 0) is 6.54 Å². The fourth-order valence-corrected chi connectivity index (χ4v) is 4.27. The predicted molar refractivity (Wildman–Crippen MR) is 87.4 cm³/mol. The Labute approximate surface area is 128 Å². The number of thiazole rings is 1. The van der Waals surface area contributed by atoms with Crippen LogP contribution in [0.1, 0.15) is 18.5 Å². The lowest BCUT2D eigenvalue weighted by molar-refractivity contribution is 0.233. The van der Waals surface area contributed by atoms with Crippen LogP contribution in [-0.4, -0.2) is 36.6 Å². The number of nitrogens with one attached hydrogen (secondary N) is 1. The number of thiophene rings is 1. The molecule has 0 amide bonds. The first-order valence-corrected chi connectivity index (χ1v) is 9.00. The van der Waals surface area contributed by atoms with Crippen molar-refractivity contribution in [1.82, 2.24) is 15.2 Å². The second kappa shape index (κ2) is 6.80. The highest BCUT2D eigenvalue weighted by Gasteiger charge is 2.15. The van der Waals surface area contributed by atoms with Crippen molar-refractivity contribution < 1.29 is 0 Å². The molecule has 1 aliphatic rings. The van der Waals surface area contributed by atoms with E-state index in [-0.39, 0.29) is 0 Å². The number of aromatic nitrogens is 1. The first kappa shape index (κ1) is 14.2. The first-order chi connectivity index (χ1) is 9.81. The van der Waals surface area contributed by atoms with Gasteiger partial charge >= 0.3 is 0 Å². The molecule has 20 heavy (non-hydrogen) atoms. The van der Waals surface area contributed by atoms with E-state index in [0.29, 0.717) is 0 Å². The lowest BCUT2D eigenvalue weighted by Gasteiger charge is -2.27. The van der Waals surface area contributed by atoms with Crippen molar-refractivity contribution in [2.75, 3.05) is 26.7 Å². The summed E-state index contributed by atoms with van der Waals surface area (Å²) in [7, 11) is 2.21. The summed E-state index contributed by atoms with van der Waals surface area (Å²) in [6.07, 6.45) is 2.61. The van der Waals surface area contributed by atoms with E-state index in [1.807, 2.05) is 0 Å². The van der Waals surface area contributed by atoms with E-state index >= 15 is 0 Å². The second-order valence-corrected chi connectivity index (χ2v) is 7.18. The summed E-state index contributed by atoms with van der Waals surface area (Å²) in [5.41, 5.74) is 2.46. The maximum Gasteiger partial charge on any atom is 0.124 e. The van der Waals surface area contributed by atoms with Crippen molar-refractivity contribution in [3.05, 3.63) is 27.9 Å². The number of piperidine rings is 1. The van der Waals surface area contributed by atoms with Crippen LogP contribution < -0.4 is 5.32 Å². The normalized spacial score (nSPS) is 16.9. The highest BCUT2D eigenvalue weighted by atomic mass is 32.1. The average molecular weight is 307 g/mol. The number of nitrogens with zero attached hydrogens (tertiary/aromatic N) is 2. The molecule has 0 saturated carbocycles. The lowest BCUT2D eigenvalue weighted by atomic mass is 9.98. The molecule has 1 aliphatic heterocycles. The van der Waals surface area contributed by atoms with Crippen molar-refractivity contribution >= 4 is 22.7 Å². The molecule has 1 fully saturated rings. The number of hydrogen-bond donors (Lipinski definition) is 1. The smallest absolute Gasteiger partial charge is 0.124 e. The fraction of sp³-hybridized carbons (Fsp3) is 0.533. The van der Waals surface area contributed by atoms with Gasteiger partial charge < -0.3 is 10.2 Å². The molecule has 1 N–H and O–H groups in total. The minimum atomic E-state index is 0.844. The molecule has 0 unspecified atom stereocenters. The molecular weight excluding hydrogens is 286 g/mol. The molecule has 0 bridgehead atoms. The molecule has 3 heterocycles. The van der Waals surface area contributed by atoms with E-state index < -0.39 is 0 Å². The summed E-state index contributed by atoms with van der Waals surface area (Å²) in [4.78, 5) is 7.18. The molecule has 2 aromatic rings. The van der Waals surface area contributed by atoms with Crippen molar-refractivity contribution in [3.63, 3.8) is 0 Å². The Balaban J connectivity index is 1.54. The summed E-state index contributed by atoms with van der Waals surface area (Å²) in [6.45, 7) is 4.51. The molecule has 0 radical (unpaired) electrons. The molecule has 0 aliphatic carbocycles. The predicted octanol–water partition coefficient (Wildman–Crippen LogP) is 3.30. The molecule has 3 rings (SSSR count). The molecular formula is C15H21N3S2. The van der Waals surface area contributed by atoms with Gasteiger partial charge in [-0.25, -0.2) is 4.98 Å². The van der Waals surface area contributed by atoms with E-state index in [1.165, 1.54) is 43.7 Å². The quantitative estimate of drug-likeness (QED) is 0.918. The van der Waals surface area contributed by atoms with Gasteiger partial charge in [0.15, 0.2) is 0 Å². The van der Waals surface area contributed by atoms with Crippen molar-refractivity contribution in [3.8, 4) is 10.6 Å². The topological polar surface area (TPSA) is 28.2 Å². The van der Waals surface area contributed by atoms with Gasteiger partial charge in [-0.05, 0) is 50.3 Å². The Hall–Kier alpha value is -0.750. The molecule has 0 spiro atoms. The van der Waals surface area contributed by atoms with Crippen molar-refractivity contribution in [2.45, 2.75) is 19.4 Å². The van der Waals surface area contributed by atoms with E-state index in [9.17, 15) is 0 Å². The molecule has 0 aromatic carbocycles. The third-order valence-electron chi connectivity index (χ3n) is 3.78. The molecule has 108 valence electrons. The van der Waals surface area contributed by atoms with Crippen LogP contribution in [0.3, 0.4) is 0 Å². The Kier molecular flexibility index (Phi) is 4.83. The largest absolute Gasteiger partial charge is 0.317 e. The highest BCUT2D eigenvalue weighted by molar-refractivity contribution is 7.14. The highest BCUT2D eigenvalue weighted by Crippen LogP contribution is 2.26. The third-order valence-corrected chi connectivity index (χ3v) is 5.40. The van der Waals surface area contributed by atoms with Crippen LogP contribution in [0.15, 0.2) is 22.2 Å². The standard InChI is InChI=1S/C15H21N3S2/c1-18(8-12-2-5-16-6-3-12)9-14-11-20-15(17-14)13-4-7-19-10-13/h4,7,10-12,16H,2-3,5-6,8-9H2,1H3. The zero-order chi connectivity index (χ0) is 13.8. The number of rotatable bonds is 5. The Morgan fingerprint density at radius 1 is 1.35 bits per heavy atom. The zero-order valence-corrected chi connectivity index (χ0v) is 13.5. The second-order valence-electron chi connectivity index (χ2n) is 5.55. The third kappa shape index (κ3) is 3.67. The van der Waals surface area contributed by atoms with E-state index in [2.05, 4.69) is 39.5 Å². The van der Waals surface area contributed by atoms with Gasteiger partial charge in [-0.15, -0.1) is 11.3 Å². The van der Waals surface area contributed by atoms with Crippen LogP contribution in [0.5, 0.6) is 0 Å². The van der Waals surface area contributed by atoms with Crippen LogP contribution in [0.4, 0.5) is 0 Å². The van der Waals surface area contributed by atoms with Crippen LogP contribution >= 0.6 is 22.7 Å². The van der Waals surface area contributed by atoms with Gasteiger partial charge in [0.1, 0.15) is 5.01 Å². The summed E-state index contributed by atoms with van der Waals surface area (Å²) in [5, 5.41) is 11.1. The SMILES string of the molecule is CN(Cc1csc(-c2ccsc2)n1)CC1CCNCC1. The first-order valence-electron chi connectivity index (χ1n) is 7.17. The molecule has 0 atom stereocenters. The van der Waals surface area contributed by atoms with Gasteiger partial charge in [0.2, 0.25) is 0 Å². The summed E-state index contributed by atoms with van der Waals surface area (Å²) >= 11 is 3.49. The molecule has 1 saturated heterocycles. The Morgan fingerprint density at radius 3 is 2.95 bits per heavy atom. The Bertz CT molecular complexity index is 515. The number of hydrogen-bond acceptors (Lipinski definition) is 5. The van der Waals surface area contributed by atoms with E-state index in [1.54, 1.807) is 22.7 Å². The molecule has 5 heteroatoms. The minimum Gasteiger partial charge on any atom is -0.317 e. The zero-order valence-electron chi connectivity index (χ0n) is 11.8. The van der Waals surface area contributed by atoms with Crippen LogP contribution in [0, 0.1) is 5.92 Å². The van der Waals surface area contributed by atoms with Crippen LogP contribution in [0.25, 0.3) is 10.6 Å². The van der Waals surface area contributed by atoms with Gasteiger partial charge in [0.05, 0.1) is 5.69 Å². The Morgan fingerprint density at radius 2 is 2.20 bits per heavy atom. The van der Waals surface area contributed by atoms with Gasteiger partial charge in [-0.1, -0.05) is 0 Å². The van der Waals surface area contributed by atoms with Gasteiger partial charge in [-0.2, -0.15) is 11.3 Å². The van der Waals surface area contributed by atoms with E-state index in [0.717, 1.165) is 17.5 Å². The van der Waals surface area contributed by atoms with Gasteiger partial charge in [0.25, 0.3) is 0 Å². The van der Waals surface area contributed by atoms with E-state index in [4.69, 9.17) is 4.98 Å². The maximum atomic E-state index is 4.76. The fourth-order valence-electron chi connectivity index (χ4n) is 2.74.